The van der Waals surface area contributed by atoms with E-state index in [1.807, 2.05) is 0 Å². The lowest BCUT2D eigenvalue weighted by Crippen LogP contribution is -2.59. The molecule has 6 unspecified atom stereocenters. The van der Waals surface area contributed by atoms with Crippen LogP contribution in [0.5, 0.6) is 0 Å². The molecule has 0 aliphatic carbocycles. The average Bonchev–Trinajstić information content (AvgIpc) is 2.75. The zero-order valence-corrected chi connectivity index (χ0v) is 19.4. The largest absolute Gasteiger partial charge is 0.481 e. The second-order valence-electron chi connectivity index (χ2n) is 8.04. The minimum atomic E-state index is -1.50. The summed E-state index contributed by atoms with van der Waals surface area (Å²) >= 11 is 0. The summed E-state index contributed by atoms with van der Waals surface area (Å²) in [4.78, 5) is 71.3. The van der Waals surface area contributed by atoms with Crippen LogP contribution in [0.4, 0.5) is 0 Å². The summed E-state index contributed by atoms with van der Waals surface area (Å²) in [7, 11) is 0. The van der Waals surface area contributed by atoms with Gasteiger partial charge < -0.3 is 42.7 Å². The molecule has 0 bridgehead atoms. The van der Waals surface area contributed by atoms with E-state index in [1.165, 1.54) is 6.92 Å². The summed E-state index contributed by atoms with van der Waals surface area (Å²) in [5.41, 5.74) is 10.7. The molecule has 0 saturated heterocycles. The Morgan fingerprint density at radius 2 is 1.35 bits per heavy atom. The Balaban J connectivity index is 5.62. The molecule has 0 spiro atoms. The van der Waals surface area contributed by atoms with Crippen LogP contribution < -0.4 is 27.4 Å². The second-order valence-corrected chi connectivity index (χ2v) is 8.04. The van der Waals surface area contributed by atoms with Crippen molar-refractivity contribution < 1.29 is 44.1 Å². The molecule has 14 nitrogen and oxygen atoms in total. The Kier molecular flexibility index (Phi) is 13.4. The van der Waals surface area contributed by atoms with Gasteiger partial charge in [-0.2, -0.15) is 0 Å². The topological polar surface area (TPSA) is 251 Å². The van der Waals surface area contributed by atoms with Crippen molar-refractivity contribution in [1.82, 2.24) is 16.0 Å². The van der Waals surface area contributed by atoms with E-state index in [4.69, 9.17) is 16.6 Å². The van der Waals surface area contributed by atoms with Gasteiger partial charge in [0.25, 0.3) is 0 Å². The molecule has 34 heavy (non-hydrogen) atoms. The molecule has 0 saturated carbocycles. The van der Waals surface area contributed by atoms with E-state index < -0.39 is 78.2 Å². The van der Waals surface area contributed by atoms with Crippen LogP contribution in [0.1, 0.15) is 52.9 Å². The first kappa shape index (κ1) is 30.7. The fraction of sp³-hybridized carbons (Fsp3) is 0.700. The standard InChI is InChI=1S/C20H35N5O9/c1-4-9(2)16(19(32)24-12(20(33)34)6-8-14(28)29)25-17(30)11(5-7-13(21)27)23-18(31)15(22)10(3)26/h9-12,15-16,26H,4-8,22H2,1-3H3,(H2,21,27)(H,23,31)(H,24,32)(H,25,30)(H,28,29)(H,33,34). The number of aliphatic hydroxyl groups is 1. The number of nitrogens with two attached hydrogens (primary N) is 2. The zero-order valence-electron chi connectivity index (χ0n) is 19.4. The van der Waals surface area contributed by atoms with Gasteiger partial charge in [-0.05, 0) is 25.7 Å². The van der Waals surface area contributed by atoms with Crippen molar-refractivity contribution in [3.63, 3.8) is 0 Å². The van der Waals surface area contributed by atoms with Crippen LogP contribution >= 0.6 is 0 Å². The predicted octanol–water partition coefficient (Wildman–Crippen LogP) is -2.59. The number of carbonyl (C=O) groups excluding carboxylic acids is 4. The van der Waals surface area contributed by atoms with Gasteiger partial charge in [0.15, 0.2) is 0 Å². The van der Waals surface area contributed by atoms with Crippen LogP contribution in [-0.2, 0) is 28.8 Å². The molecule has 0 fully saturated rings. The lowest BCUT2D eigenvalue weighted by Gasteiger charge is -2.28. The third-order valence-corrected chi connectivity index (χ3v) is 5.19. The quantitative estimate of drug-likeness (QED) is 0.112. The van der Waals surface area contributed by atoms with Crippen molar-refractivity contribution in [2.45, 2.75) is 83.1 Å². The lowest BCUT2D eigenvalue weighted by atomic mass is 9.96. The van der Waals surface area contributed by atoms with Crippen molar-refractivity contribution in [2.24, 2.45) is 17.4 Å². The number of primary amides is 1. The number of nitrogens with one attached hydrogen (secondary N) is 3. The highest BCUT2D eigenvalue weighted by Crippen LogP contribution is 2.11. The molecule has 0 aromatic rings. The Morgan fingerprint density at radius 3 is 1.79 bits per heavy atom. The van der Waals surface area contributed by atoms with Crippen LogP contribution in [0, 0.1) is 5.92 Å². The highest BCUT2D eigenvalue weighted by molar-refractivity contribution is 5.94. The Labute approximate surface area is 196 Å². The third-order valence-electron chi connectivity index (χ3n) is 5.19. The first-order valence-corrected chi connectivity index (χ1v) is 10.8. The smallest absolute Gasteiger partial charge is 0.326 e. The van der Waals surface area contributed by atoms with E-state index in [0.29, 0.717) is 6.42 Å². The normalized spacial score (nSPS) is 16.1. The lowest BCUT2D eigenvalue weighted by molar-refractivity contribution is -0.143. The maximum Gasteiger partial charge on any atom is 0.326 e. The highest BCUT2D eigenvalue weighted by atomic mass is 16.4. The second kappa shape index (κ2) is 14.8. The van der Waals surface area contributed by atoms with E-state index in [0.717, 1.165) is 0 Å². The molecule has 4 amide bonds. The fourth-order valence-corrected chi connectivity index (χ4v) is 2.78. The summed E-state index contributed by atoms with van der Waals surface area (Å²) in [6, 6.07) is -5.42. The molecular formula is C20H35N5O9. The number of aliphatic hydroxyl groups excluding tert-OH is 1. The van der Waals surface area contributed by atoms with Crippen molar-refractivity contribution in [3.05, 3.63) is 0 Å². The monoisotopic (exact) mass is 489 g/mol. The number of carboxylic acids is 2. The zero-order chi connectivity index (χ0) is 26.6. The van der Waals surface area contributed by atoms with Gasteiger partial charge in [-0.1, -0.05) is 20.3 Å². The maximum atomic E-state index is 12.9. The van der Waals surface area contributed by atoms with Crippen molar-refractivity contribution in [2.75, 3.05) is 0 Å². The van der Waals surface area contributed by atoms with Gasteiger partial charge in [-0.3, -0.25) is 24.0 Å². The number of carboxylic acid groups (broad SMARTS) is 2. The van der Waals surface area contributed by atoms with Crippen molar-refractivity contribution in [1.29, 1.82) is 0 Å². The number of hydrogen-bond acceptors (Lipinski definition) is 8. The Morgan fingerprint density at radius 1 is 0.824 bits per heavy atom. The highest BCUT2D eigenvalue weighted by Gasteiger charge is 2.33. The summed E-state index contributed by atoms with van der Waals surface area (Å²) in [5.74, 6) is -6.50. The number of amides is 4. The summed E-state index contributed by atoms with van der Waals surface area (Å²) in [6.07, 6.45) is -2.19. The van der Waals surface area contributed by atoms with Crippen LogP contribution in [0.3, 0.4) is 0 Å². The summed E-state index contributed by atoms with van der Waals surface area (Å²) < 4.78 is 0. The van der Waals surface area contributed by atoms with E-state index in [-0.39, 0.29) is 19.3 Å². The van der Waals surface area contributed by atoms with E-state index in [1.54, 1.807) is 13.8 Å². The number of hydrogen-bond donors (Lipinski definition) is 8. The van der Waals surface area contributed by atoms with E-state index in [2.05, 4.69) is 16.0 Å². The maximum absolute atomic E-state index is 12.9. The molecule has 10 N–H and O–H groups in total. The van der Waals surface area contributed by atoms with Gasteiger partial charge in [0.2, 0.25) is 23.6 Å². The molecule has 0 radical (unpaired) electrons. The average molecular weight is 490 g/mol. The minimum absolute atomic E-state index is 0.218. The van der Waals surface area contributed by atoms with E-state index in [9.17, 15) is 39.0 Å². The van der Waals surface area contributed by atoms with Crippen molar-refractivity contribution in [3.8, 4) is 0 Å². The van der Waals surface area contributed by atoms with Crippen molar-refractivity contribution >= 4 is 35.6 Å². The molecular weight excluding hydrogens is 454 g/mol. The van der Waals surface area contributed by atoms with E-state index >= 15 is 0 Å². The van der Waals surface area contributed by atoms with Crippen LogP contribution in [0.15, 0.2) is 0 Å². The molecule has 0 aliphatic heterocycles. The summed E-state index contributed by atoms with van der Waals surface area (Å²) in [5, 5.41) is 34.5. The first-order chi connectivity index (χ1) is 15.7. The van der Waals surface area contributed by atoms with Gasteiger partial charge in [0.1, 0.15) is 24.2 Å². The number of aliphatic carboxylic acids is 2. The molecule has 0 aromatic heterocycles. The van der Waals surface area contributed by atoms with Gasteiger partial charge in [0, 0.05) is 12.8 Å². The Hall–Kier alpha value is -3.26. The third kappa shape index (κ3) is 11.0. The Bertz CT molecular complexity index is 759. The number of carbonyl (C=O) groups is 6. The SMILES string of the molecule is CCC(C)C(NC(=O)C(CCC(N)=O)NC(=O)C(N)C(C)O)C(=O)NC(CCC(=O)O)C(=O)O. The van der Waals surface area contributed by atoms with Gasteiger partial charge in [0.05, 0.1) is 6.10 Å². The molecule has 14 heteroatoms. The fourth-order valence-electron chi connectivity index (χ4n) is 2.78. The minimum Gasteiger partial charge on any atom is -0.481 e. The van der Waals surface area contributed by atoms with Gasteiger partial charge in [-0.25, -0.2) is 4.79 Å². The molecule has 0 aromatic carbocycles. The molecule has 6 atom stereocenters. The molecule has 0 aliphatic rings. The van der Waals surface area contributed by atoms with Crippen LogP contribution in [-0.4, -0.2) is 81.2 Å². The van der Waals surface area contributed by atoms with Crippen LogP contribution in [0.2, 0.25) is 0 Å². The van der Waals surface area contributed by atoms with Crippen LogP contribution in [0.25, 0.3) is 0 Å². The van der Waals surface area contributed by atoms with Gasteiger partial charge in [-0.15, -0.1) is 0 Å². The molecule has 0 rings (SSSR count). The van der Waals surface area contributed by atoms with Gasteiger partial charge >= 0.3 is 11.9 Å². The molecule has 0 heterocycles. The summed E-state index contributed by atoms with van der Waals surface area (Å²) in [6.45, 7) is 4.62. The number of rotatable bonds is 16. The molecule has 194 valence electrons. The predicted molar refractivity (Wildman–Crippen MR) is 118 cm³/mol. The first-order valence-electron chi connectivity index (χ1n) is 10.8.